The van der Waals surface area contributed by atoms with Crippen LogP contribution in [0.25, 0.3) is 0 Å². The quantitative estimate of drug-likeness (QED) is 0.682. The van der Waals surface area contributed by atoms with Crippen LogP contribution < -0.4 is 5.32 Å². The molecular weight excluding hydrogens is 256 g/mol. The second-order valence-electron chi connectivity index (χ2n) is 3.85. The number of hydrogen-bond donors (Lipinski definition) is 1. The van der Waals surface area contributed by atoms with Crippen LogP contribution >= 0.6 is 0 Å². The van der Waals surface area contributed by atoms with Gasteiger partial charge in [-0.05, 0) is 19.1 Å². The number of nitrogens with zero attached hydrogens (tertiary/aromatic N) is 2. The number of hydrogen-bond acceptors (Lipinski definition) is 4. The maximum atomic E-state index is 13.3. The van der Waals surface area contributed by atoms with Crippen molar-refractivity contribution in [1.29, 1.82) is 0 Å². The summed E-state index contributed by atoms with van der Waals surface area (Å²) < 4.78 is 26.7. The highest BCUT2D eigenvalue weighted by Gasteiger charge is 2.10. The first-order valence-electron chi connectivity index (χ1n) is 5.30. The number of nitro groups is 1. The average molecular weight is 265 g/mol. The maximum absolute atomic E-state index is 13.3. The summed E-state index contributed by atoms with van der Waals surface area (Å²) in [6, 6.07) is 4.59. The lowest BCUT2D eigenvalue weighted by Crippen LogP contribution is -1.98. The van der Waals surface area contributed by atoms with Gasteiger partial charge in [0.25, 0.3) is 5.69 Å². The SMILES string of the molecule is Cc1c(F)cc(Nc2cc([N+](=O)[O-])ccn2)cc1F. The molecule has 5 nitrogen and oxygen atoms in total. The van der Waals surface area contributed by atoms with Crippen LogP contribution in [-0.2, 0) is 0 Å². The second kappa shape index (κ2) is 4.97. The molecule has 0 aliphatic rings. The van der Waals surface area contributed by atoms with Gasteiger partial charge < -0.3 is 5.32 Å². The fourth-order valence-corrected chi connectivity index (χ4v) is 1.47. The average Bonchev–Trinajstić information content (AvgIpc) is 2.36. The zero-order valence-electron chi connectivity index (χ0n) is 9.85. The van der Waals surface area contributed by atoms with E-state index in [-0.39, 0.29) is 22.8 Å². The van der Waals surface area contributed by atoms with E-state index < -0.39 is 16.6 Å². The van der Waals surface area contributed by atoms with E-state index in [4.69, 9.17) is 0 Å². The molecule has 2 aromatic rings. The standard InChI is InChI=1S/C12H9F2N3O2/c1-7-10(13)4-8(5-11(7)14)16-12-6-9(17(18)19)2-3-15-12/h2-6H,1H3,(H,15,16). The van der Waals surface area contributed by atoms with E-state index in [1.807, 2.05) is 0 Å². The Bertz CT molecular complexity index is 624. The van der Waals surface area contributed by atoms with E-state index in [1.54, 1.807) is 0 Å². The Morgan fingerprint density at radius 3 is 2.47 bits per heavy atom. The topological polar surface area (TPSA) is 68.1 Å². The molecule has 0 fully saturated rings. The molecule has 19 heavy (non-hydrogen) atoms. The van der Waals surface area contributed by atoms with Gasteiger partial charge in [0, 0.05) is 23.5 Å². The molecule has 0 saturated carbocycles. The van der Waals surface area contributed by atoms with Crippen LogP contribution in [0.1, 0.15) is 5.56 Å². The maximum Gasteiger partial charge on any atom is 0.274 e. The normalized spacial score (nSPS) is 10.3. The molecule has 0 spiro atoms. The first-order valence-corrected chi connectivity index (χ1v) is 5.30. The molecule has 1 aromatic heterocycles. The molecule has 0 aliphatic carbocycles. The summed E-state index contributed by atoms with van der Waals surface area (Å²) in [5.74, 6) is -1.27. The summed E-state index contributed by atoms with van der Waals surface area (Å²) in [4.78, 5) is 13.8. The highest BCUT2D eigenvalue weighted by molar-refractivity contribution is 5.59. The van der Waals surface area contributed by atoms with Crippen molar-refractivity contribution in [2.45, 2.75) is 6.92 Å². The largest absolute Gasteiger partial charge is 0.340 e. The van der Waals surface area contributed by atoms with Gasteiger partial charge in [-0.2, -0.15) is 0 Å². The lowest BCUT2D eigenvalue weighted by molar-refractivity contribution is -0.384. The Morgan fingerprint density at radius 1 is 1.26 bits per heavy atom. The number of anilines is 2. The minimum Gasteiger partial charge on any atom is -0.340 e. The minimum absolute atomic E-state index is 0.0856. The van der Waals surface area contributed by atoms with Gasteiger partial charge >= 0.3 is 0 Å². The zero-order chi connectivity index (χ0) is 14.0. The van der Waals surface area contributed by atoms with Crippen molar-refractivity contribution < 1.29 is 13.7 Å². The highest BCUT2D eigenvalue weighted by atomic mass is 19.1. The van der Waals surface area contributed by atoms with Gasteiger partial charge in [0.2, 0.25) is 0 Å². The van der Waals surface area contributed by atoms with Crippen LogP contribution in [0.2, 0.25) is 0 Å². The third-order valence-corrected chi connectivity index (χ3v) is 2.51. The van der Waals surface area contributed by atoms with Crippen LogP contribution in [0.4, 0.5) is 26.0 Å². The van der Waals surface area contributed by atoms with Crippen LogP contribution in [0, 0.1) is 28.7 Å². The number of aromatic nitrogens is 1. The summed E-state index contributed by atoms with van der Waals surface area (Å²) in [5, 5.41) is 13.2. The molecule has 0 atom stereocenters. The molecule has 98 valence electrons. The Balaban J connectivity index is 2.31. The molecule has 0 bridgehead atoms. The van der Waals surface area contributed by atoms with Gasteiger partial charge in [-0.15, -0.1) is 0 Å². The van der Waals surface area contributed by atoms with Crippen molar-refractivity contribution in [2.75, 3.05) is 5.32 Å². The fraction of sp³-hybridized carbons (Fsp3) is 0.0833. The van der Waals surface area contributed by atoms with Crippen LogP contribution in [-0.4, -0.2) is 9.91 Å². The molecule has 2 rings (SSSR count). The van der Waals surface area contributed by atoms with E-state index in [0.717, 1.165) is 12.1 Å². The summed E-state index contributed by atoms with van der Waals surface area (Å²) in [6.45, 7) is 1.32. The van der Waals surface area contributed by atoms with Gasteiger partial charge in [0.05, 0.1) is 11.0 Å². The van der Waals surface area contributed by atoms with E-state index in [1.165, 1.54) is 25.3 Å². The van der Waals surface area contributed by atoms with E-state index in [0.29, 0.717) is 0 Å². The minimum atomic E-state index is -0.701. The molecule has 1 aromatic carbocycles. The highest BCUT2D eigenvalue weighted by Crippen LogP contribution is 2.22. The Hall–Kier alpha value is -2.57. The number of halogens is 2. The van der Waals surface area contributed by atoms with Crippen molar-refractivity contribution in [3.05, 3.63) is 57.8 Å². The third-order valence-electron chi connectivity index (χ3n) is 2.51. The van der Waals surface area contributed by atoms with E-state index in [2.05, 4.69) is 10.3 Å². The molecule has 0 aliphatic heterocycles. The second-order valence-corrected chi connectivity index (χ2v) is 3.85. The lowest BCUT2D eigenvalue weighted by atomic mass is 10.2. The molecule has 7 heteroatoms. The van der Waals surface area contributed by atoms with E-state index >= 15 is 0 Å². The number of rotatable bonds is 3. The van der Waals surface area contributed by atoms with Gasteiger partial charge in [0.15, 0.2) is 0 Å². The number of benzene rings is 1. The van der Waals surface area contributed by atoms with E-state index in [9.17, 15) is 18.9 Å². The van der Waals surface area contributed by atoms with Crippen molar-refractivity contribution in [1.82, 2.24) is 4.98 Å². The van der Waals surface area contributed by atoms with Crippen molar-refractivity contribution in [3.8, 4) is 0 Å². The van der Waals surface area contributed by atoms with Crippen molar-refractivity contribution >= 4 is 17.2 Å². The molecule has 0 radical (unpaired) electrons. The van der Waals surface area contributed by atoms with Gasteiger partial charge in [0.1, 0.15) is 17.5 Å². The first-order chi connectivity index (χ1) is 8.97. The Labute approximate surface area is 107 Å². The number of pyridine rings is 1. The van der Waals surface area contributed by atoms with Crippen LogP contribution in [0.5, 0.6) is 0 Å². The summed E-state index contributed by atoms with van der Waals surface area (Å²) in [7, 11) is 0. The molecule has 1 N–H and O–H groups in total. The van der Waals surface area contributed by atoms with Gasteiger partial charge in [-0.1, -0.05) is 0 Å². The molecular formula is C12H9F2N3O2. The smallest absolute Gasteiger partial charge is 0.274 e. The van der Waals surface area contributed by atoms with Crippen molar-refractivity contribution in [3.63, 3.8) is 0 Å². The Kier molecular flexibility index (Phi) is 3.37. The van der Waals surface area contributed by atoms with Crippen LogP contribution in [0.3, 0.4) is 0 Å². The molecule has 1 heterocycles. The predicted molar refractivity (Wildman–Crippen MR) is 65.3 cm³/mol. The summed E-state index contributed by atoms with van der Waals surface area (Å²) in [6.07, 6.45) is 1.24. The van der Waals surface area contributed by atoms with Gasteiger partial charge in [-0.25, -0.2) is 13.8 Å². The van der Waals surface area contributed by atoms with Gasteiger partial charge in [-0.3, -0.25) is 10.1 Å². The third kappa shape index (κ3) is 2.82. The molecule has 0 saturated heterocycles. The first kappa shape index (κ1) is 12.9. The predicted octanol–water partition coefficient (Wildman–Crippen LogP) is 3.32. The fourth-order valence-electron chi connectivity index (χ4n) is 1.47. The molecule has 0 unspecified atom stereocenters. The summed E-state index contributed by atoms with van der Waals surface area (Å²) in [5.41, 5.74) is -0.114. The van der Waals surface area contributed by atoms with Crippen LogP contribution in [0.15, 0.2) is 30.5 Å². The monoisotopic (exact) mass is 265 g/mol. The molecule has 0 amide bonds. The van der Waals surface area contributed by atoms with Crippen molar-refractivity contribution in [2.24, 2.45) is 0 Å². The number of nitrogens with one attached hydrogen (secondary N) is 1. The zero-order valence-corrected chi connectivity index (χ0v) is 9.85. The Morgan fingerprint density at radius 2 is 1.89 bits per heavy atom. The summed E-state index contributed by atoms with van der Waals surface area (Å²) >= 11 is 0. The lowest BCUT2D eigenvalue weighted by Gasteiger charge is -2.07.